The highest BCUT2D eigenvalue weighted by Crippen LogP contribution is 2.41. The van der Waals surface area contributed by atoms with Gasteiger partial charge in [0.1, 0.15) is 0 Å². The molecular weight excluding hydrogens is 184 g/mol. The van der Waals surface area contributed by atoms with Crippen molar-refractivity contribution >= 4 is 0 Å². The van der Waals surface area contributed by atoms with E-state index in [2.05, 4.69) is 46.8 Å². The van der Waals surface area contributed by atoms with E-state index in [0.717, 1.165) is 6.42 Å². The van der Waals surface area contributed by atoms with Gasteiger partial charge in [0.25, 0.3) is 0 Å². The average Bonchev–Trinajstić information content (AvgIpc) is 1.98. The van der Waals surface area contributed by atoms with Crippen molar-refractivity contribution in [2.75, 3.05) is 0 Å². The quantitative estimate of drug-likeness (QED) is 0.688. The first-order valence-corrected chi connectivity index (χ1v) is 5.87. The summed E-state index contributed by atoms with van der Waals surface area (Å²) >= 11 is 0. The van der Waals surface area contributed by atoms with Crippen LogP contribution >= 0.6 is 0 Å². The van der Waals surface area contributed by atoms with Crippen molar-refractivity contribution in [2.24, 2.45) is 17.3 Å². The van der Waals surface area contributed by atoms with Gasteiger partial charge in [-0.05, 0) is 24.7 Å². The van der Waals surface area contributed by atoms with Crippen LogP contribution in [-0.4, -0.2) is 11.2 Å². The van der Waals surface area contributed by atoms with E-state index in [0.29, 0.717) is 11.8 Å². The van der Waals surface area contributed by atoms with Crippen LogP contribution in [0.5, 0.6) is 0 Å². The van der Waals surface area contributed by atoms with Gasteiger partial charge in [0, 0.05) is 5.92 Å². The lowest BCUT2D eigenvalue weighted by Gasteiger charge is -2.38. The second-order valence-corrected chi connectivity index (χ2v) is 5.78. The molecule has 1 rings (SSSR count). The van der Waals surface area contributed by atoms with Crippen molar-refractivity contribution in [3.63, 3.8) is 0 Å². The zero-order valence-electron chi connectivity index (χ0n) is 10.6. The Labute approximate surface area is 93.9 Å². The average molecular weight is 208 g/mol. The number of rotatable bonds is 2. The van der Waals surface area contributed by atoms with Gasteiger partial charge in [-0.1, -0.05) is 51.5 Å². The molecule has 0 bridgehead atoms. The molecule has 0 radical (unpaired) electrons. The molecule has 1 aliphatic carbocycles. The maximum absolute atomic E-state index is 9.71. The summed E-state index contributed by atoms with van der Waals surface area (Å²) in [5.74, 6) is 1.07. The van der Waals surface area contributed by atoms with Crippen molar-refractivity contribution in [2.45, 2.75) is 47.1 Å². The zero-order valence-corrected chi connectivity index (χ0v) is 10.6. The molecule has 0 aromatic carbocycles. The summed E-state index contributed by atoms with van der Waals surface area (Å²) in [6.45, 7) is 11.0. The Morgan fingerprint density at radius 2 is 2.07 bits per heavy atom. The van der Waals surface area contributed by atoms with E-state index in [1.807, 2.05) is 6.08 Å². The minimum Gasteiger partial charge on any atom is -0.389 e. The number of aliphatic hydroxyl groups excluding tert-OH is 1. The lowest BCUT2D eigenvalue weighted by Crippen LogP contribution is -2.32. The van der Waals surface area contributed by atoms with Crippen molar-refractivity contribution in [3.8, 4) is 0 Å². The van der Waals surface area contributed by atoms with E-state index < -0.39 is 0 Å². The lowest BCUT2D eigenvalue weighted by molar-refractivity contribution is 0.117. The fourth-order valence-corrected chi connectivity index (χ4v) is 2.49. The third-order valence-electron chi connectivity index (χ3n) is 3.21. The highest BCUT2D eigenvalue weighted by molar-refractivity contribution is 5.21. The Kier molecular flexibility index (Phi) is 3.77. The smallest absolute Gasteiger partial charge is 0.0729 e. The summed E-state index contributed by atoms with van der Waals surface area (Å²) in [6.07, 6.45) is 7.17. The minimum atomic E-state index is -0.260. The monoisotopic (exact) mass is 208 g/mol. The lowest BCUT2D eigenvalue weighted by atomic mass is 9.67. The van der Waals surface area contributed by atoms with Gasteiger partial charge in [0.2, 0.25) is 0 Å². The summed E-state index contributed by atoms with van der Waals surface area (Å²) < 4.78 is 0. The minimum absolute atomic E-state index is 0.170. The van der Waals surface area contributed by atoms with E-state index in [-0.39, 0.29) is 11.5 Å². The van der Waals surface area contributed by atoms with Gasteiger partial charge < -0.3 is 5.11 Å². The van der Waals surface area contributed by atoms with Crippen LogP contribution in [-0.2, 0) is 0 Å². The molecule has 0 aliphatic heterocycles. The summed E-state index contributed by atoms with van der Waals surface area (Å²) in [6, 6.07) is 0. The second kappa shape index (κ2) is 4.52. The SMILES string of the molecule is CC1=C[C@H](O)CC(C)(C)[C@H]1/C=C/C(C)C. The standard InChI is InChI=1S/C14H24O/c1-10(2)6-7-13-11(3)8-12(15)9-14(13,4)5/h6-8,10,12-13,15H,9H2,1-5H3/b7-6+/t12-,13-/m0/s1. The molecule has 86 valence electrons. The van der Waals surface area contributed by atoms with Gasteiger partial charge in [-0.3, -0.25) is 0 Å². The van der Waals surface area contributed by atoms with Crippen LogP contribution in [0.4, 0.5) is 0 Å². The maximum Gasteiger partial charge on any atom is 0.0729 e. The maximum atomic E-state index is 9.71. The van der Waals surface area contributed by atoms with Gasteiger partial charge in [0.15, 0.2) is 0 Å². The van der Waals surface area contributed by atoms with E-state index in [4.69, 9.17) is 0 Å². The van der Waals surface area contributed by atoms with Gasteiger partial charge in [0.05, 0.1) is 6.10 Å². The zero-order chi connectivity index (χ0) is 11.6. The highest BCUT2D eigenvalue weighted by atomic mass is 16.3. The molecule has 1 N–H and O–H groups in total. The van der Waals surface area contributed by atoms with E-state index in [1.165, 1.54) is 5.57 Å². The first kappa shape index (κ1) is 12.5. The molecule has 0 aromatic rings. The summed E-state index contributed by atoms with van der Waals surface area (Å²) in [7, 11) is 0. The van der Waals surface area contributed by atoms with Crippen LogP contribution in [0.1, 0.15) is 41.0 Å². The fraction of sp³-hybridized carbons (Fsp3) is 0.714. The molecule has 0 heterocycles. The third kappa shape index (κ3) is 3.20. The van der Waals surface area contributed by atoms with Gasteiger partial charge in [-0.25, -0.2) is 0 Å². The predicted octanol–water partition coefficient (Wildman–Crippen LogP) is 3.55. The van der Waals surface area contributed by atoms with Gasteiger partial charge in [-0.15, -0.1) is 0 Å². The van der Waals surface area contributed by atoms with Crippen LogP contribution in [0.3, 0.4) is 0 Å². The molecule has 0 amide bonds. The second-order valence-electron chi connectivity index (χ2n) is 5.78. The van der Waals surface area contributed by atoms with Crippen molar-refractivity contribution in [1.29, 1.82) is 0 Å². The Morgan fingerprint density at radius 1 is 1.47 bits per heavy atom. The molecule has 15 heavy (non-hydrogen) atoms. The van der Waals surface area contributed by atoms with Crippen LogP contribution < -0.4 is 0 Å². The number of aliphatic hydroxyl groups is 1. The molecule has 0 unspecified atom stereocenters. The van der Waals surface area contributed by atoms with Crippen LogP contribution in [0.25, 0.3) is 0 Å². The largest absolute Gasteiger partial charge is 0.389 e. The number of hydrogen-bond donors (Lipinski definition) is 1. The first-order chi connectivity index (χ1) is 6.83. The molecule has 1 heteroatoms. The Bertz CT molecular complexity index is 271. The normalized spacial score (nSPS) is 31.0. The van der Waals surface area contributed by atoms with Crippen molar-refractivity contribution in [3.05, 3.63) is 23.8 Å². The summed E-state index contributed by atoms with van der Waals surface area (Å²) in [5.41, 5.74) is 1.47. The number of allylic oxidation sites excluding steroid dienone is 3. The van der Waals surface area contributed by atoms with Crippen LogP contribution in [0, 0.1) is 17.3 Å². The highest BCUT2D eigenvalue weighted by Gasteiger charge is 2.34. The molecule has 0 saturated carbocycles. The molecule has 0 spiro atoms. The summed E-state index contributed by atoms with van der Waals surface area (Å²) in [5, 5.41) is 9.71. The Hall–Kier alpha value is -0.560. The third-order valence-corrected chi connectivity index (χ3v) is 3.21. The van der Waals surface area contributed by atoms with E-state index >= 15 is 0 Å². The molecule has 2 atom stereocenters. The molecular formula is C14H24O. The first-order valence-electron chi connectivity index (χ1n) is 5.87. The van der Waals surface area contributed by atoms with Gasteiger partial charge >= 0.3 is 0 Å². The predicted molar refractivity (Wildman–Crippen MR) is 65.6 cm³/mol. The van der Waals surface area contributed by atoms with E-state index in [1.54, 1.807) is 0 Å². The molecule has 1 nitrogen and oxygen atoms in total. The van der Waals surface area contributed by atoms with Crippen LogP contribution in [0.2, 0.25) is 0 Å². The Balaban J connectivity index is 2.89. The van der Waals surface area contributed by atoms with Gasteiger partial charge in [-0.2, -0.15) is 0 Å². The van der Waals surface area contributed by atoms with E-state index in [9.17, 15) is 5.11 Å². The van der Waals surface area contributed by atoms with Crippen molar-refractivity contribution in [1.82, 2.24) is 0 Å². The van der Waals surface area contributed by atoms with Crippen molar-refractivity contribution < 1.29 is 5.11 Å². The molecule has 0 saturated heterocycles. The molecule has 1 aliphatic rings. The summed E-state index contributed by atoms with van der Waals surface area (Å²) in [4.78, 5) is 0. The Morgan fingerprint density at radius 3 is 2.53 bits per heavy atom. The van der Waals surface area contributed by atoms with Crippen LogP contribution in [0.15, 0.2) is 23.8 Å². The fourth-order valence-electron chi connectivity index (χ4n) is 2.49. The molecule has 0 fully saturated rings. The molecule has 0 aromatic heterocycles. The number of hydrogen-bond acceptors (Lipinski definition) is 1. The topological polar surface area (TPSA) is 20.2 Å².